The van der Waals surface area contributed by atoms with Gasteiger partial charge in [-0.3, -0.25) is 14.4 Å². The van der Waals surface area contributed by atoms with Crippen molar-refractivity contribution in [1.29, 1.82) is 0 Å². The van der Waals surface area contributed by atoms with E-state index >= 15 is 0 Å². The van der Waals surface area contributed by atoms with Crippen LogP contribution in [0.25, 0.3) is 0 Å². The first-order valence-electron chi connectivity index (χ1n) is 7.29. The third kappa shape index (κ3) is 88.6. The van der Waals surface area contributed by atoms with E-state index in [0.29, 0.717) is 0 Å². The van der Waals surface area contributed by atoms with E-state index in [9.17, 15) is 14.4 Å². The van der Waals surface area contributed by atoms with Crippen molar-refractivity contribution in [2.24, 2.45) is 23.1 Å². The molecule has 0 aromatic heterocycles. The predicted molar refractivity (Wildman–Crippen MR) is 101 cm³/mol. The molecule has 0 atom stereocenters. The predicted octanol–water partition coefficient (Wildman–Crippen LogP) is -2.28. The molecule has 8 heteroatoms. The standard InChI is InChI=1S/C8H20N.3C3H5NO.ClH/c1-8(2)6-7-9(3,4)5;3*1-2-3(4)5;/h8H,6-7H2,1-5H3;3*2H,1H2,(H2,4,5);1H/q+1;;;;/p-1. The summed E-state index contributed by atoms with van der Waals surface area (Å²) in [7, 11) is 6.72. The van der Waals surface area contributed by atoms with E-state index < -0.39 is 17.7 Å². The molecule has 0 spiro atoms. The number of nitrogens with zero attached hydrogens (tertiary/aromatic N) is 1. The van der Waals surface area contributed by atoms with Gasteiger partial charge in [0.1, 0.15) is 0 Å². The van der Waals surface area contributed by atoms with Crippen molar-refractivity contribution < 1.29 is 31.3 Å². The van der Waals surface area contributed by atoms with Crippen molar-refractivity contribution in [2.45, 2.75) is 20.3 Å². The molecule has 148 valence electrons. The van der Waals surface area contributed by atoms with Gasteiger partial charge in [-0.05, 0) is 30.6 Å². The fourth-order valence-corrected chi connectivity index (χ4v) is 0.645. The van der Waals surface area contributed by atoms with Crippen molar-refractivity contribution in [2.75, 3.05) is 27.7 Å². The zero-order valence-corrected chi connectivity index (χ0v) is 16.9. The fourth-order valence-electron chi connectivity index (χ4n) is 0.645. The average Bonchev–Trinajstić information content (AvgIpc) is 2.46. The lowest BCUT2D eigenvalue weighted by Gasteiger charge is -2.24. The molecule has 25 heavy (non-hydrogen) atoms. The van der Waals surface area contributed by atoms with E-state index in [0.717, 1.165) is 28.6 Å². The van der Waals surface area contributed by atoms with Crippen LogP contribution in [-0.2, 0) is 14.4 Å². The summed E-state index contributed by atoms with van der Waals surface area (Å²) in [6, 6.07) is 0. The number of primary amides is 3. The third-order valence-corrected chi connectivity index (χ3v) is 1.98. The van der Waals surface area contributed by atoms with Crippen LogP contribution in [0.4, 0.5) is 0 Å². The van der Waals surface area contributed by atoms with Crippen molar-refractivity contribution in [3.8, 4) is 0 Å². The highest BCUT2D eigenvalue weighted by Gasteiger charge is 2.06. The lowest BCUT2D eigenvalue weighted by Crippen LogP contribution is -3.00. The monoisotopic (exact) mass is 378 g/mol. The fraction of sp³-hybridized carbons (Fsp3) is 0.471. The molecule has 0 heterocycles. The molecule has 0 aromatic carbocycles. The van der Waals surface area contributed by atoms with Crippen LogP contribution in [0.1, 0.15) is 20.3 Å². The third-order valence-electron chi connectivity index (χ3n) is 1.98. The van der Waals surface area contributed by atoms with Crippen molar-refractivity contribution >= 4 is 17.7 Å². The van der Waals surface area contributed by atoms with Gasteiger partial charge in [0, 0.05) is 0 Å². The van der Waals surface area contributed by atoms with Crippen LogP contribution in [0.2, 0.25) is 0 Å². The molecule has 0 unspecified atom stereocenters. The number of halogens is 1. The van der Waals surface area contributed by atoms with Gasteiger partial charge in [0.25, 0.3) is 0 Å². The van der Waals surface area contributed by atoms with Gasteiger partial charge in [-0.1, -0.05) is 33.6 Å². The number of carbonyl (C=O) groups excluding carboxylic acids is 3. The van der Waals surface area contributed by atoms with Crippen LogP contribution in [0.5, 0.6) is 0 Å². The average molecular weight is 379 g/mol. The molecule has 0 rings (SSSR count). The van der Waals surface area contributed by atoms with Gasteiger partial charge in [0.15, 0.2) is 0 Å². The number of rotatable bonds is 6. The Labute approximate surface area is 158 Å². The largest absolute Gasteiger partial charge is 1.00 e. The van der Waals surface area contributed by atoms with Gasteiger partial charge >= 0.3 is 0 Å². The normalized spacial score (nSPS) is 8.40. The van der Waals surface area contributed by atoms with E-state index in [-0.39, 0.29) is 12.4 Å². The lowest BCUT2D eigenvalue weighted by atomic mass is 10.1. The molecule has 0 fully saturated rings. The van der Waals surface area contributed by atoms with Crippen LogP contribution in [0, 0.1) is 5.92 Å². The van der Waals surface area contributed by atoms with Crippen LogP contribution in [0.3, 0.4) is 0 Å². The minimum absolute atomic E-state index is 0. The topological polar surface area (TPSA) is 129 Å². The second-order valence-electron chi connectivity index (χ2n) is 6.02. The Hall–Kier alpha value is -2.12. The first-order valence-corrected chi connectivity index (χ1v) is 7.29. The van der Waals surface area contributed by atoms with Crippen molar-refractivity contribution in [1.82, 2.24) is 0 Å². The number of amides is 3. The second-order valence-corrected chi connectivity index (χ2v) is 6.02. The summed E-state index contributed by atoms with van der Waals surface area (Å²) in [6.45, 7) is 15.1. The van der Waals surface area contributed by atoms with E-state index in [1.165, 1.54) is 13.0 Å². The van der Waals surface area contributed by atoms with Crippen molar-refractivity contribution in [3.05, 3.63) is 38.0 Å². The molecule has 0 bridgehead atoms. The van der Waals surface area contributed by atoms with Gasteiger partial charge in [0.2, 0.25) is 17.7 Å². The second kappa shape index (κ2) is 21.9. The minimum Gasteiger partial charge on any atom is -1.00 e. The van der Waals surface area contributed by atoms with E-state index in [1.54, 1.807) is 0 Å². The minimum atomic E-state index is -0.481. The molecule has 0 aliphatic heterocycles. The molecular formula is C17H35ClN4O3. The molecule has 0 aliphatic carbocycles. The molecule has 0 aliphatic rings. The van der Waals surface area contributed by atoms with Crippen LogP contribution in [0.15, 0.2) is 38.0 Å². The van der Waals surface area contributed by atoms with Gasteiger partial charge in [-0.15, -0.1) is 0 Å². The summed E-state index contributed by atoms with van der Waals surface area (Å²) in [6.07, 6.45) is 4.50. The Bertz CT molecular complexity index is 360. The van der Waals surface area contributed by atoms with Crippen LogP contribution in [-0.4, -0.2) is 49.9 Å². The Morgan fingerprint density at radius 2 is 1.04 bits per heavy atom. The number of carbonyl (C=O) groups is 3. The maximum Gasteiger partial charge on any atom is 0.240 e. The highest BCUT2D eigenvalue weighted by molar-refractivity contribution is 5.85. The zero-order chi connectivity index (χ0) is 20.3. The molecule has 6 N–H and O–H groups in total. The number of nitrogens with two attached hydrogens (primary N) is 3. The van der Waals surface area contributed by atoms with Gasteiger partial charge < -0.3 is 34.1 Å². The maximum atomic E-state index is 9.47. The summed E-state index contributed by atoms with van der Waals surface area (Å²) in [5.74, 6) is -0.595. The SMILES string of the molecule is C=CC(N)=O.C=CC(N)=O.C=CC(N)=O.CC(C)CC[N+](C)(C)C.[Cl-]. The van der Waals surface area contributed by atoms with Crippen LogP contribution >= 0.6 is 0 Å². The zero-order valence-electron chi connectivity index (χ0n) is 16.1. The van der Waals surface area contributed by atoms with E-state index in [1.807, 2.05) is 0 Å². The first kappa shape index (κ1) is 34.3. The summed E-state index contributed by atoms with van der Waals surface area (Å²) < 4.78 is 1.10. The summed E-state index contributed by atoms with van der Waals surface area (Å²) in [5, 5.41) is 0. The molecule has 7 nitrogen and oxygen atoms in total. The summed E-state index contributed by atoms with van der Waals surface area (Å²) in [5.41, 5.74) is 13.6. The lowest BCUT2D eigenvalue weighted by molar-refractivity contribution is -0.870. The Kier molecular flexibility index (Phi) is 30.0. The Morgan fingerprint density at radius 3 is 1.08 bits per heavy atom. The molecule has 0 aromatic rings. The smallest absolute Gasteiger partial charge is 0.240 e. The molecule has 0 radical (unpaired) electrons. The maximum absolute atomic E-state index is 9.47. The Balaban J connectivity index is -0.0000000733. The van der Waals surface area contributed by atoms with Gasteiger partial charge in [-0.2, -0.15) is 0 Å². The number of quaternary nitrogens is 1. The number of hydrogen-bond donors (Lipinski definition) is 3. The van der Waals surface area contributed by atoms with Gasteiger partial charge in [0.05, 0.1) is 27.7 Å². The van der Waals surface area contributed by atoms with E-state index in [4.69, 9.17) is 0 Å². The van der Waals surface area contributed by atoms with E-state index in [2.05, 4.69) is 71.9 Å². The molecule has 3 amide bonds. The van der Waals surface area contributed by atoms with Crippen LogP contribution < -0.4 is 29.6 Å². The number of hydrogen-bond acceptors (Lipinski definition) is 3. The summed E-state index contributed by atoms with van der Waals surface area (Å²) >= 11 is 0. The highest BCUT2D eigenvalue weighted by atomic mass is 35.5. The van der Waals surface area contributed by atoms with Gasteiger partial charge in [-0.25, -0.2) is 0 Å². The molecule has 0 saturated heterocycles. The molecular weight excluding hydrogens is 344 g/mol. The molecule has 0 saturated carbocycles. The quantitative estimate of drug-likeness (QED) is 0.355. The summed E-state index contributed by atoms with van der Waals surface area (Å²) in [4.78, 5) is 28.4. The van der Waals surface area contributed by atoms with Crippen molar-refractivity contribution in [3.63, 3.8) is 0 Å². The Morgan fingerprint density at radius 1 is 0.840 bits per heavy atom. The first-order chi connectivity index (χ1) is 10.7. The highest BCUT2D eigenvalue weighted by Crippen LogP contribution is 2.02.